The van der Waals surface area contributed by atoms with Crippen LogP contribution in [0.4, 0.5) is 5.82 Å². The van der Waals surface area contributed by atoms with Crippen molar-refractivity contribution < 1.29 is 0 Å². The number of nitrogens with zero attached hydrogens (tertiary/aromatic N) is 2. The Bertz CT molecular complexity index is 946. The Balaban J connectivity index is 1.94. The van der Waals surface area contributed by atoms with E-state index in [9.17, 15) is 0 Å². The Morgan fingerprint density at radius 3 is 2.38 bits per heavy atom. The number of hydrogen-bond donors (Lipinski definition) is 1. The molecular weight excluding hydrogens is 318 g/mol. The van der Waals surface area contributed by atoms with E-state index in [-0.39, 0.29) is 0 Å². The van der Waals surface area contributed by atoms with Crippen LogP contribution in [0.5, 0.6) is 0 Å². The van der Waals surface area contributed by atoms with Crippen molar-refractivity contribution in [3.63, 3.8) is 0 Å². The van der Waals surface area contributed by atoms with Crippen LogP contribution < -0.4 is 5.32 Å². The Labute approximate surface area is 156 Å². The third-order valence-corrected chi connectivity index (χ3v) is 5.21. The molecule has 0 radical (unpaired) electrons. The second kappa shape index (κ2) is 6.64. The molecular formula is C23H27N3. The van der Waals surface area contributed by atoms with E-state index < -0.39 is 0 Å². The molecule has 0 saturated carbocycles. The van der Waals surface area contributed by atoms with Gasteiger partial charge in [-0.15, -0.1) is 0 Å². The molecule has 1 aliphatic rings. The van der Waals surface area contributed by atoms with E-state index in [1.54, 1.807) is 0 Å². The molecule has 3 nitrogen and oxygen atoms in total. The number of hydrogen-bond acceptors (Lipinski definition) is 2. The largest absolute Gasteiger partial charge is 0.370 e. The molecule has 0 fully saturated rings. The van der Waals surface area contributed by atoms with Gasteiger partial charge in [0.25, 0.3) is 0 Å². The van der Waals surface area contributed by atoms with Crippen LogP contribution in [0.25, 0.3) is 16.9 Å². The maximum atomic E-state index is 5.10. The molecule has 0 amide bonds. The third-order valence-electron chi connectivity index (χ3n) is 5.21. The Kier molecular flexibility index (Phi) is 4.31. The molecule has 0 aliphatic carbocycles. The average Bonchev–Trinajstić information content (AvgIpc) is 2.76. The highest BCUT2D eigenvalue weighted by atomic mass is 15.3. The van der Waals surface area contributed by atoms with Gasteiger partial charge < -0.3 is 5.32 Å². The summed E-state index contributed by atoms with van der Waals surface area (Å²) in [7, 11) is 0. The predicted octanol–water partition coefficient (Wildman–Crippen LogP) is 5.52. The molecule has 0 saturated heterocycles. The summed E-state index contributed by atoms with van der Waals surface area (Å²) in [6.45, 7) is 9.64. The second-order valence-corrected chi connectivity index (χ2v) is 7.64. The van der Waals surface area contributed by atoms with Crippen molar-refractivity contribution in [2.75, 3.05) is 11.9 Å². The first-order valence-electron chi connectivity index (χ1n) is 9.55. The fourth-order valence-electron chi connectivity index (χ4n) is 4.06. The quantitative estimate of drug-likeness (QED) is 0.662. The summed E-state index contributed by atoms with van der Waals surface area (Å²) in [6.07, 6.45) is 3.49. The Hall–Kier alpha value is -2.55. The van der Waals surface area contributed by atoms with E-state index in [4.69, 9.17) is 5.10 Å². The standard InChI is InChI=1S/C23H27N3/c1-15-8-9-21(18(4)12-15)26-23-20(7-5-6-10-24-23)22(25-26)19-13-16(2)11-17(3)14-19/h8-9,11-14,24H,5-7,10H2,1-4H3. The third kappa shape index (κ3) is 3.03. The van der Waals surface area contributed by atoms with Gasteiger partial charge in [-0.1, -0.05) is 34.9 Å². The zero-order valence-electron chi connectivity index (χ0n) is 16.2. The molecule has 0 spiro atoms. The van der Waals surface area contributed by atoms with E-state index in [1.165, 1.54) is 52.0 Å². The highest BCUT2D eigenvalue weighted by Gasteiger charge is 2.22. The fraction of sp³-hybridized carbons (Fsp3) is 0.348. The van der Waals surface area contributed by atoms with Crippen LogP contribution >= 0.6 is 0 Å². The number of fused-ring (bicyclic) bond motifs is 1. The van der Waals surface area contributed by atoms with Crippen LogP contribution in [0.3, 0.4) is 0 Å². The van der Waals surface area contributed by atoms with Gasteiger partial charge in [-0.05, 0) is 70.7 Å². The first kappa shape index (κ1) is 16.9. The van der Waals surface area contributed by atoms with Gasteiger partial charge in [0.15, 0.2) is 0 Å². The van der Waals surface area contributed by atoms with E-state index in [0.717, 1.165) is 24.3 Å². The smallest absolute Gasteiger partial charge is 0.133 e. The lowest BCUT2D eigenvalue weighted by Gasteiger charge is -2.12. The summed E-state index contributed by atoms with van der Waals surface area (Å²) >= 11 is 0. The monoisotopic (exact) mass is 345 g/mol. The van der Waals surface area contributed by atoms with Crippen LogP contribution in [-0.2, 0) is 6.42 Å². The minimum atomic E-state index is 1.01. The molecule has 1 aliphatic heterocycles. The van der Waals surface area contributed by atoms with E-state index >= 15 is 0 Å². The van der Waals surface area contributed by atoms with Crippen molar-refractivity contribution in [1.29, 1.82) is 0 Å². The molecule has 2 heterocycles. The lowest BCUT2D eigenvalue weighted by molar-refractivity contribution is 0.779. The summed E-state index contributed by atoms with van der Waals surface area (Å²) in [6, 6.07) is 13.3. The first-order valence-corrected chi connectivity index (χ1v) is 9.55. The van der Waals surface area contributed by atoms with Gasteiger partial charge in [0, 0.05) is 17.7 Å². The average molecular weight is 345 g/mol. The van der Waals surface area contributed by atoms with Crippen molar-refractivity contribution in [2.24, 2.45) is 0 Å². The molecule has 134 valence electrons. The van der Waals surface area contributed by atoms with E-state index in [1.807, 2.05) is 0 Å². The van der Waals surface area contributed by atoms with Gasteiger partial charge in [0.1, 0.15) is 5.82 Å². The number of aromatic nitrogens is 2. The predicted molar refractivity (Wildman–Crippen MR) is 109 cm³/mol. The van der Waals surface area contributed by atoms with Crippen molar-refractivity contribution in [3.05, 3.63) is 64.2 Å². The molecule has 2 aromatic carbocycles. The summed E-state index contributed by atoms with van der Waals surface area (Å²) < 4.78 is 2.13. The molecule has 0 atom stereocenters. The minimum absolute atomic E-state index is 1.01. The first-order chi connectivity index (χ1) is 12.5. The maximum Gasteiger partial charge on any atom is 0.133 e. The molecule has 1 aromatic heterocycles. The highest BCUT2D eigenvalue weighted by Crippen LogP contribution is 2.35. The minimum Gasteiger partial charge on any atom is -0.370 e. The number of rotatable bonds is 2. The van der Waals surface area contributed by atoms with Gasteiger partial charge in [-0.25, -0.2) is 4.68 Å². The summed E-state index contributed by atoms with van der Waals surface area (Å²) in [5, 5.41) is 8.75. The van der Waals surface area contributed by atoms with Gasteiger partial charge in [0.05, 0.1) is 11.4 Å². The summed E-state index contributed by atoms with van der Waals surface area (Å²) in [4.78, 5) is 0. The van der Waals surface area contributed by atoms with Crippen molar-refractivity contribution in [3.8, 4) is 16.9 Å². The van der Waals surface area contributed by atoms with Crippen molar-refractivity contribution >= 4 is 5.82 Å². The van der Waals surface area contributed by atoms with Crippen molar-refractivity contribution in [2.45, 2.75) is 47.0 Å². The lowest BCUT2D eigenvalue weighted by atomic mass is 10.00. The summed E-state index contributed by atoms with van der Waals surface area (Å²) in [5.74, 6) is 1.17. The number of anilines is 1. The highest BCUT2D eigenvalue weighted by molar-refractivity contribution is 5.72. The molecule has 1 N–H and O–H groups in total. The lowest BCUT2D eigenvalue weighted by Crippen LogP contribution is -2.08. The van der Waals surface area contributed by atoms with Crippen LogP contribution in [0.2, 0.25) is 0 Å². The molecule has 0 unspecified atom stereocenters. The van der Waals surface area contributed by atoms with Crippen molar-refractivity contribution in [1.82, 2.24) is 9.78 Å². The number of aryl methyl sites for hydroxylation is 4. The SMILES string of the molecule is Cc1cc(C)cc(-c2nn(-c3ccc(C)cc3C)c3c2CCCCN3)c1. The van der Waals surface area contributed by atoms with E-state index in [0.29, 0.717) is 0 Å². The van der Waals surface area contributed by atoms with Gasteiger partial charge >= 0.3 is 0 Å². The van der Waals surface area contributed by atoms with Crippen LogP contribution in [-0.4, -0.2) is 16.3 Å². The van der Waals surface area contributed by atoms with Crippen LogP contribution in [0.1, 0.15) is 40.7 Å². The Morgan fingerprint density at radius 1 is 0.885 bits per heavy atom. The summed E-state index contributed by atoms with van der Waals surface area (Å²) in [5.41, 5.74) is 9.99. The number of nitrogens with one attached hydrogen (secondary N) is 1. The number of benzene rings is 2. The molecule has 3 heteroatoms. The van der Waals surface area contributed by atoms with Crippen LogP contribution in [0.15, 0.2) is 36.4 Å². The molecule has 0 bridgehead atoms. The van der Waals surface area contributed by atoms with E-state index in [2.05, 4.69) is 74.1 Å². The molecule has 3 aromatic rings. The zero-order chi connectivity index (χ0) is 18.3. The van der Waals surface area contributed by atoms with Crippen LogP contribution in [0, 0.1) is 27.7 Å². The van der Waals surface area contributed by atoms with Gasteiger partial charge in [-0.2, -0.15) is 5.10 Å². The van der Waals surface area contributed by atoms with Gasteiger partial charge in [0.2, 0.25) is 0 Å². The second-order valence-electron chi connectivity index (χ2n) is 7.64. The Morgan fingerprint density at radius 2 is 1.65 bits per heavy atom. The molecule has 4 rings (SSSR count). The fourth-order valence-corrected chi connectivity index (χ4v) is 4.06. The van der Waals surface area contributed by atoms with Gasteiger partial charge in [-0.3, -0.25) is 0 Å². The normalized spacial score (nSPS) is 13.8. The molecule has 26 heavy (non-hydrogen) atoms. The zero-order valence-corrected chi connectivity index (χ0v) is 16.2. The maximum absolute atomic E-state index is 5.10. The topological polar surface area (TPSA) is 29.9 Å².